The number of unbranched alkanes of at least 4 members (excludes halogenated alkanes) is 3. The second-order valence-electron chi connectivity index (χ2n) is 5.55. The molecule has 1 unspecified atom stereocenters. The average molecular weight is 276 g/mol. The highest BCUT2D eigenvalue weighted by atomic mass is 16.1. The second-order valence-corrected chi connectivity index (χ2v) is 5.55. The number of carbonyl (C=O) groups excluding carboxylic acids is 1. The number of carbonyl (C=O) groups is 1. The van der Waals surface area contributed by atoms with Crippen LogP contribution in [0.25, 0.3) is 0 Å². The SMILES string of the molecule is CCCCCCC(C)NCC(=O)Nc1cccc(C)c1. The van der Waals surface area contributed by atoms with Gasteiger partial charge in [-0.1, -0.05) is 44.7 Å². The van der Waals surface area contributed by atoms with E-state index in [0.29, 0.717) is 12.6 Å². The summed E-state index contributed by atoms with van der Waals surface area (Å²) in [5, 5.41) is 6.20. The van der Waals surface area contributed by atoms with Gasteiger partial charge in [0.05, 0.1) is 6.54 Å². The Kier molecular flexibility index (Phi) is 7.97. The smallest absolute Gasteiger partial charge is 0.238 e. The number of nitrogens with one attached hydrogen (secondary N) is 2. The van der Waals surface area contributed by atoms with Gasteiger partial charge < -0.3 is 10.6 Å². The van der Waals surface area contributed by atoms with E-state index in [2.05, 4.69) is 24.5 Å². The summed E-state index contributed by atoms with van der Waals surface area (Å²) in [6.07, 6.45) is 6.23. The largest absolute Gasteiger partial charge is 0.325 e. The van der Waals surface area contributed by atoms with Gasteiger partial charge in [-0.15, -0.1) is 0 Å². The van der Waals surface area contributed by atoms with Gasteiger partial charge in [0.15, 0.2) is 0 Å². The summed E-state index contributed by atoms with van der Waals surface area (Å²) in [4.78, 5) is 11.8. The van der Waals surface area contributed by atoms with E-state index in [1.165, 1.54) is 25.7 Å². The Bertz CT molecular complexity index is 404. The number of amides is 1. The number of hydrogen-bond acceptors (Lipinski definition) is 2. The van der Waals surface area contributed by atoms with Crippen molar-refractivity contribution in [2.24, 2.45) is 0 Å². The maximum atomic E-state index is 11.8. The van der Waals surface area contributed by atoms with E-state index in [4.69, 9.17) is 0 Å². The molecular formula is C17H28N2O. The number of hydrogen-bond donors (Lipinski definition) is 2. The van der Waals surface area contributed by atoms with Crippen molar-refractivity contribution in [2.75, 3.05) is 11.9 Å². The Hall–Kier alpha value is -1.35. The summed E-state index contributed by atoms with van der Waals surface area (Å²) in [6, 6.07) is 8.27. The standard InChI is InChI=1S/C17H28N2O/c1-4-5-6-7-10-15(3)18-13-17(20)19-16-11-8-9-14(2)12-16/h8-9,11-12,15,18H,4-7,10,13H2,1-3H3,(H,19,20). The lowest BCUT2D eigenvalue weighted by atomic mass is 10.1. The van der Waals surface area contributed by atoms with Crippen molar-refractivity contribution in [3.63, 3.8) is 0 Å². The molecule has 1 atom stereocenters. The summed E-state index contributed by atoms with van der Waals surface area (Å²) in [5.41, 5.74) is 2.02. The molecule has 0 heterocycles. The summed E-state index contributed by atoms with van der Waals surface area (Å²) >= 11 is 0. The highest BCUT2D eigenvalue weighted by molar-refractivity contribution is 5.92. The van der Waals surface area contributed by atoms with E-state index in [9.17, 15) is 4.79 Å². The van der Waals surface area contributed by atoms with Gasteiger partial charge in [0.25, 0.3) is 0 Å². The number of benzene rings is 1. The Morgan fingerprint density at radius 3 is 2.75 bits per heavy atom. The van der Waals surface area contributed by atoms with E-state index in [-0.39, 0.29) is 5.91 Å². The molecule has 1 aromatic rings. The van der Waals surface area contributed by atoms with Crippen LogP contribution in [0, 0.1) is 6.92 Å². The highest BCUT2D eigenvalue weighted by Gasteiger charge is 2.06. The zero-order chi connectivity index (χ0) is 14.8. The van der Waals surface area contributed by atoms with Crippen LogP contribution in [0.1, 0.15) is 51.5 Å². The lowest BCUT2D eigenvalue weighted by molar-refractivity contribution is -0.115. The number of anilines is 1. The maximum absolute atomic E-state index is 11.8. The van der Waals surface area contributed by atoms with Crippen LogP contribution < -0.4 is 10.6 Å². The minimum absolute atomic E-state index is 0.0241. The van der Waals surface area contributed by atoms with Gasteiger partial charge in [-0.3, -0.25) is 4.79 Å². The van der Waals surface area contributed by atoms with Gasteiger partial charge in [-0.05, 0) is 38.0 Å². The Morgan fingerprint density at radius 2 is 2.05 bits per heavy atom. The molecular weight excluding hydrogens is 248 g/mol. The molecule has 0 bridgehead atoms. The third-order valence-electron chi connectivity index (χ3n) is 3.40. The minimum atomic E-state index is 0.0241. The van der Waals surface area contributed by atoms with Crippen molar-refractivity contribution < 1.29 is 4.79 Å². The molecule has 3 nitrogen and oxygen atoms in total. The lowest BCUT2D eigenvalue weighted by Crippen LogP contribution is -2.34. The molecule has 1 aromatic carbocycles. The first kappa shape index (κ1) is 16.7. The van der Waals surface area contributed by atoms with Crippen molar-refractivity contribution in [2.45, 2.75) is 58.9 Å². The van der Waals surface area contributed by atoms with Crippen LogP contribution in [0.3, 0.4) is 0 Å². The molecule has 20 heavy (non-hydrogen) atoms. The van der Waals surface area contributed by atoms with E-state index >= 15 is 0 Å². The highest BCUT2D eigenvalue weighted by Crippen LogP contribution is 2.09. The summed E-state index contributed by atoms with van der Waals surface area (Å²) < 4.78 is 0. The average Bonchev–Trinajstić information content (AvgIpc) is 2.41. The summed E-state index contributed by atoms with van der Waals surface area (Å²) in [7, 11) is 0. The van der Waals surface area contributed by atoms with Crippen LogP contribution in [0.5, 0.6) is 0 Å². The number of aryl methyl sites for hydroxylation is 1. The molecule has 0 fully saturated rings. The van der Waals surface area contributed by atoms with Crippen molar-refractivity contribution >= 4 is 11.6 Å². The van der Waals surface area contributed by atoms with Crippen LogP contribution in [-0.4, -0.2) is 18.5 Å². The zero-order valence-corrected chi connectivity index (χ0v) is 13.0. The Labute approximate surface area is 123 Å². The van der Waals surface area contributed by atoms with Crippen LogP contribution in [0.15, 0.2) is 24.3 Å². The van der Waals surface area contributed by atoms with Gasteiger partial charge in [0, 0.05) is 11.7 Å². The monoisotopic (exact) mass is 276 g/mol. The van der Waals surface area contributed by atoms with Crippen LogP contribution >= 0.6 is 0 Å². The number of rotatable bonds is 9. The van der Waals surface area contributed by atoms with Gasteiger partial charge in [0.2, 0.25) is 5.91 Å². The summed E-state index contributed by atoms with van der Waals surface area (Å²) in [5.74, 6) is 0.0241. The topological polar surface area (TPSA) is 41.1 Å². The Morgan fingerprint density at radius 1 is 1.25 bits per heavy atom. The van der Waals surface area contributed by atoms with Crippen molar-refractivity contribution in [1.29, 1.82) is 0 Å². The third-order valence-corrected chi connectivity index (χ3v) is 3.40. The third kappa shape index (κ3) is 7.29. The Balaban J connectivity index is 2.19. The minimum Gasteiger partial charge on any atom is -0.325 e. The van der Waals surface area contributed by atoms with Gasteiger partial charge in [-0.25, -0.2) is 0 Å². The molecule has 0 saturated heterocycles. The normalized spacial score (nSPS) is 12.2. The first-order chi connectivity index (χ1) is 9.61. The van der Waals surface area contributed by atoms with Crippen molar-refractivity contribution in [3.8, 4) is 0 Å². The van der Waals surface area contributed by atoms with E-state index in [1.807, 2.05) is 31.2 Å². The molecule has 0 aliphatic heterocycles. The fourth-order valence-electron chi connectivity index (χ4n) is 2.17. The van der Waals surface area contributed by atoms with E-state index in [0.717, 1.165) is 17.7 Å². The molecule has 2 N–H and O–H groups in total. The molecule has 0 spiro atoms. The fourth-order valence-corrected chi connectivity index (χ4v) is 2.17. The van der Waals surface area contributed by atoms with E-state index in [1.54, 1.807) is 0 Å². The summed E-state index contributed by atoms with van der Waals surface area (Å²) in [6.45, 7) is 6.76. The second kappa shape index (κ2) is 9.54. The molecule has 0 aromatic heterocycles. The molecule has 112 valence electrons. The first-order valence-electron chi connectivity index (χ1n) is 7.71. The zero-order valence-electron chi connectivity index (χ0n) is 13.0. The van der Waals surface area contributed by atoms with Crippen molar-refractivity contribution in [1.82, 2.24) is 5.32 Å². The van der Waals surface area contributed by atoms with Gasteiger partial charge in [-0.2, -0.15) is 0 Å². The quantitative estimate of drug-likeness (QED) is 0.672. The molecule has 0 saturated carbocycles. The molecule has 3 heteroatoms. The predicted octanol–water partition coefficient (Wildman–Crippen LogP) is 3.88. The molecule has 1 amide bonds. The maximum Gasteiger partial charge on any atom is 0.238 e. The molecule has 0 aliphatic carbocycles. The fraction of sp³-hybridized carbons (Fsp3) is 0.588. The molecule has 0 aliphatic rings. The van der Waals surface area contributed by atoms with Crippen molar-refractivity contribution in [3.05, 3.63) is 29.8 Å². The van der Waals surface area contributed by atoms with Crippen LogP contribution in [0.4, 0.5) is 5.69 Å². The molecule has 0 radical (unpaired) electrons. The van der Waals surface area contributed by atoms with E-state index < -0.39 is 0 Å². The predicted molar refractivity (Wildman–Crippen MR) is 86.0 cm³/mol. The first-order valence-corrected chi connectivity index (χ1v) is 7.71. The van der Waals surface area contributed by atoms with Crippen LogP contribution in [-0.2, 0) is 4.79 Å². The van der Waals surface area contributed by atoms with Gasteiger partial charge >= 0.3 is 0 Å². The van der Waals surface area contributed by atoms with Gasteiger partial charge in [0.1, 0.15) is 0 Å². The molecule has 1 rings (SSSR count). The van der Waals surface area contributed by atoms with Crippen LogP contribution in [0.2, 0.25) is 0 Å². The lowest BCUT2D eigenvalue weighted by Gasteiger charge is -2.13.